The fourth-order valence-corrected chi connectivity index (χ4v) is 5.39. The third kappa shape index (κ3) is 4.92. The molecule has 3 N–H and O–H groups in total. The van der Waals surface area contributed by atoms with E-state index in [4.69, 9.17) is 15.2 Å². The molecular formula is C26H38N4O4. The maximum Gasteiger partial charge on any atom is 0.231 e. The van der Waals surface area contributed by atoms with Crippen LogP contribution in [0.1, 0.15) is 71.4 Å². The van der Waals surface area contributed by atoms with E-state index in [1.54, 1.807) is 12.0 Å². The van der Waals surface area contributed by atoms with E-state index in [-0.39, 0.29) is 47.3 Å². The average molecular weight is 471 g/mol. The molecule has 2 aliphatic heterocycles. The quantitative estimate of drug-likeness (QED) is 0.607. The second-order valence-corrected chi connectivity index (χ2v) is 10.8. The lowest BCUT2D eigenvalue weighted by Crippen LogP contribution is -2.56. The summed E-state index contributed by atoms with van der Waals surface area (Å²) in [5.41, 5.74) is 6.48. The topological polar surface area (TPSA) is 106 Å². The maximum absolute atomic E-state index is 13.3. The van der Waals surface area contributed by atoms with Crippen molar-refractivity contribution in [2.75, 3.05) is 13.7 Å². The van der Waals surface area contributed by atoms with Crippen molar-refractivity contribution >= 4 is 17.8 Å². The Balaban J connectivity index is 1.49. The van der Waals surface area contributed by atoms with Gasteiger partial charge in [-0.15, -0.1) is 0 Å². The van der Waals surface area contributed by atoms with E-state index in [2.05, 4.69) is 10.3 Å². The lowest BCUT2D eigenvalue weighted by molar-refractivity contribution is -0.132. The number of ether oxygens (including phenoxy) is 2. The van der Waals surface area contributed by atoms with Crippen molar-refractivity contribution in [2.45, 2.75) is 83.0 Å². The number of fused-ring (bicyclic) bond motifs is 1. The van der Waals surface area contributed by atoms with Crippen LogP contribution in [0.2, 0.25) is 0 Å². The van der Waals surface area contributed by atoms with Gasteiger partial charge in [0.2, 0.25) is 11.8 Å². The number of aliphatic imine (C=N–C) groups is 1. The van der Waals surface area contributed by atoms with E-state index in [9.17, 15) is 9.59 Å². The molecule has 0 bridgehead atoms. The Morgan fingerprint density at radius 1 is 1.35 bits per heavy atom. The van der Waals surface area contributed by atoms with E-state index in [1.807, 2.05) is 52.0 Å². The molecule has 34 heavy (non-hydrogen) atoms. The molecule has 0 saturated heterocycles. The minimum atomic E-state index is -0.465. The summed E-state index contributed by atoms with van der Waals surface area (Å²) in [7, 11) is 1.64. The van der Waals surface area contributed by atoms with Crippen LogP contribution in [-0.2, 0) is 14.3 Å². The molecule has 1 saturated carbocycles. The van der Waals surface area contributed by atoms with E-state index in [1.165, 1.54) is 0 Å². The fourth-order valence-electron chi connectivity index (χ4n) is 5.39. The molecule has 5 atom stereocenters. The van der Waals surface area contributed by atoms with Crippen LogP contribution in [0, 0.1) is 11.8 Å². The van der Waals surface area contributed by atoms with Gasteiger partial charge in [-0.25, -0.2) is 4.99 Å². The molecule has 0 aromatic heterocycles. The van der Waals surface area contributed by atoms with Crippen LogP contribution in [0.4, 0.5) is 0 Å². The number of para-hydroxylation sites is 1. The monoisotopic (exact) mass is 470 g/mol. The van der Waals surface area contributed by atoms with Crippen LogP contribution in [-0.4, -0.2) is 53.6 Å². The summed E-state index contributed by atoms with van der Waals surface area (Å²) < 4.78 is 11.4. The van der Waals surface area contributed by atoms with Crippen LogP contribution >= 0.6 is 0 Å². The number of benzene rings is 1. The molecule has 4 rings (SSSR count). The third-order valence-corrected chi connectivity index (χ3v) is 7.51. The summed E-state index contributed by atoms with van der Waals surface area (Å²) in [6.45, 7) is 8.53. The first-order valence-corrected chi connectivity index (χ1v) is 12.3. The number of hydrogen-bond acceptors (Lipinski definition) is 6. The van der Waals surface area contributed by atoms with Crippen LogP contribution in [0.15, 0.2) is 29.3 Å². The molecule has 1 aromatic rings. The zero-order valence-electron chi connectivity index (χ0n) is 21.0. The molecule has 1 aliphatic carbocycles. The molecule has 186 valence electrons. The van der Waals surface area contributed by atoms with Crippen LogP contribution < -0.4 is 15.8 Å². The zero-order valence-corrected chi connectivity index (χ0v) is 21.0. The number of nitrogens with two attached hydrogens (primary N) is 1. The maximum atomic E-state index is 13.3. The second-order valence-electron chi connectivity index (χ2n) is 10.8. The van der Waals surface area contributed by atoms with Gasteiger partial charge in [-0.2, -0.15) is 0 Å². The van der Waals surface area contributed by atoms with Gasteiger partial charge in [-0.1, -0.05) is 25.1 Å². The Labute approximate surface area is 202 Å². The van der Waals surface area contributed by atoms with Gasteiger partial charge < -0.3 is 20.5 Å². The Hall–Kier alpha value is -2.61. The van der Waals surface area contributed by atoms with Crippen LogP contribution in [0.5, 0.6) is 5.75 Å². The molecule has 8 heteroatoms. The van der Waals surface area contributed by atoms with Gasteiger partial charge in [0.1, 0.15) is 11.4 Å². The summed E-state index contributed by atoms with van der Waals surface area (Å²) in [5.74, 6) is 0.929. The highest BCUT2D eigenvalue weighted by molar-refractivity contribution is 5.99. The van der Waals surface area contributed by atoms with Crippen molar-refractivity contribution in [2.24, 2.45) is 22.6 Å². The summed E-state index contributed by atoms with van der Waals surface area (Å²) >= 11 is 0. The summed E-state index contributed by atoms with van der Waals surface area (Å²) in [4.78, 5) is 32.7. The Morgan fingerprint density at radius 3 is 2.76 bits per heavy atom. The SMILES string of the molecule is CC[C@]1(C)CC(=O)N([C@H](CCOC)[C@H]2C[C@@H]2C(=O)N[C@H]2CC(C)(C)Oc3ccccc32)C(N)=N1. The largest absolute Gasteiger partial charge is 0.487 e. The van der Waals surface area contributed by atoms with Gasteiger partial charge in [-0.3, -0.25) is 14.5 Å². The van der Waals surface area contributed by atoms with Crippen molar-refractivity contribution in [3.8, 4) is 5.75 Å². The first kappa shape index (κ1) is 24.5. The molecule has 2 heterocycles. The highest BCUT2D eigenvalue weighted by atomic mass is 16.5. The summed E-state index contributed by atoms with van der Waals surface area (Å²) in [6.07, 6.45) is 3.10. The molecule has 1 fully saturated rings. The first-order chi connectivity index (χ1) is 16.1. The normalized spacial score (nSPS) is 30.6. The molecule has 8 nitrogen and oxygen atoms in total. The Kier molecular flexibility index (Phi) is 6.64. The summed E-state index contributed by atoms with van der Waals surface area (Å²) in [5, 5.41) is 3.27. The number of amides is 2. The number of rotatable bonds is 8. The Morgan fingerprint density at radius 2 is 2.09 bits per heavy atom. The Bertz CT molecular complexity index is 977. The molecule has 3 aliphatic rings. The molecule has 0 radical (unpaired) electrons. The number of methoxy groups -OCH3 is 1. The highest BCUT2D eigenvalue weighted by Gasteiger charge is 2.52. The minimum absolute atomic E-state index is 0.0169. The van der Waals surface area contributed by atoms with Crippen molar-refractivity contribution in [1.82, 2.24) is 10.2 Å². The zero-order chi connectivity index (χ0) is 24.7. The van der Waals surface area contributed by atoms with Gasteiger partial charge in [0.15, 0.2) is 5.96 Å². The number of guanidine groups is 1. The van der Waals surface area contributed by atoms with E-state index in [0.717, 1.165) is 24.2 Å². The number of hydrogen-bond donors (Lipinski definition) is 2. The predicted molar refractivity (Wildman–Crippen MR) is 130 cm³/mol. The third-order valence-electron chi connectivity index (χ3n) is 7.51. The first-order valence-electron chi connectivity index (χ1n) is 12.3. The molecule has 1 aromatic carbocycles. The van der Waals surface area contributed by atoms with E-state index in [0.29, 0.717) is 25.9 Å². The van der Waals surface area contributed by atoms with Crippen molar-refractivity contribution in [3.05, 3.63) is 29.8 Å². The van der Waals surface area contributed by atoms with Crippen molar-refractivity contribution in [3.63, 3.8) is 0 Å². The van der Waals surface area contributed by atoms with Gasteiger partial charge in [-0.05, 0) is 52.0 Å². The number of carbonyl (C=O) groups excluding carboxylic acids is 2. The molecular weight excluding hydrogens is 432 g/mol. The van der Waals surface area contributed by atoms with Crippen molar-refractivity contribution in [1.29, 1.82) is 0 Å². The van der Waals surface area contributed by atoms with Gasteiger partial charge in [0.05, 0.1) is 18.0 Å². The molecule has 2 amide bonds. The van der Waals surface area contributed by atoms with E-state index >= 15 is 0 Å². The number of carbonyl (C=O) groups is 2. The fraction of sp³-hybridized carbons (Fsp3) is 0.654. The van der Waals surface area contributed by atoms with Gasteiger partial charge in [0.25, 0.3) is 0 Å². The van der Waals surface area contributed by atoms with Gasteiger partial charge >= 0.3 is 0 Å². The van der Waals surface area contributed by atoms with Crippen molar-refractivity contribution < 1.29 is 19.1 Å². The number of nitrogens with one attached hydrogen (secondary N) is 1. The smallest absolute Gasteiger partial charge is 0.231 e. The van der Waals surface area contributed by atoms with Gasteiger partial charge in [0, 0.05) is 37.7 Å². The highest BCUT2D eigenvalue weighted by Crippen LogP contribution is 2.47. The summed E-state index contributed by atoms with van der Waals surface area (Å²) in [6, 6.07) is 7.56. The second kappa shape index (κ2) is 9.21. The average Bonchev–Trinajstić information content (AvgIpc) is 3.55. The van der Waals surface area contributed by atoms with Crippen LogP contribution in [0.3, 0.4) is 0 Å². The van der Waals surface area contributed by atoms with E-state index < -0.39 is 5.54 Å². The number of nitrogens with zero attached hydrogens (tertiary/aromatic N) is 2. The standard InChI is InChI=1S/C26H38N4O4/c1-6-26(4)15-22(31)30(24(27)29-26)20(11-12-33-5)17-13-18(17)23(32)28-19-14-25(2,3)34-21-10-8-7-9-16(19)21/h7-10,17-20H,6,11-15H2,1-5H3,(H2,27,29)(H,28,32)/t17-,18-,19-,20+,26+/m0/s1. The molecule has 0 spiro atoms. The lowest BCUT2D eigenvalue weighted by Gasteiger charge is -2.39. The minimum Gasteiger partial charge on any atom is -0.487 e. The lowest BCUT2D eigenvalue weighted by atomic mass is 9.89. The van der Waals surface area contributed by atoms with Crippen LogP contribution in [0.25, 0.3) is 0 Å². The molecule has 0 unspecified atom stereocenters. The predicted octanol–water partition coefficient (Wildman–Crippen LogP) is 3.16.